The van der Waals surface area contributed by atoms with Crippen molar-refractivity contribution in [1.29, 1.82) is 0 Å². The lowest BCUT2D eigenvalue weighted by Gasteiger charge is -2.16. The first-order chi connectivity index (χ1) is 8.06. The van der Waals surface area contributed by atoms with E-state index in [0.717, 1.165) is 17.8 Å². The first kappa shape index (κ1) is 12.0. The highest BCUT2D eigenvalue weighted by Gasteiger charge is 2.14. The smallest absolute Gasteiger partial charge is 0.0455 e. The van der Waals surface area contributed by atoms with Gasteiger partial charge in [0.25, 0.3) is 0 Å². The van der Waals surface area contributed by atoms with Crippen molar-refractivity contribution in [2.24, 2.45) is 0 Å². The lowest BCUT2D eigenvalue weighted by atomic mass is 9.92. The Kier molecular flexibility index (Phi) is 3.14. The zero-order chi connectivity index (χ0) is 12.6. The second-order valence-corrected chi connectivity index (χ2v) is 4.88. The highest BCUT2D eigenvalue weighted by molar-refractivity contribution is 5.91. The largest absolute Gasteiger partial charge is 0.261 e. The molecule has 0 aromatic carbocycles. The van der Waals surface area contributed by atoms with Crippen LogP contribution in [0.5, 0.6) is 0 Å². The van der Waals surface area contributed by atoms with Crippen LogP contribution in [0.4, 0.5) is 0 Å². The molecule has 0 saturated carbocycles. The van der Waals surface area contributed by atoms with Gasteiger partial charge in [-0.2, -0.15) is 0 Å². The first-order valence-corrected chi connectivity index (χ1v) is 6.27. The van der Waals surface area contributed by atoms with Gasteiger partial charge in [-0.3, -0.25) is 9.97 Å². The molecule has 0 radical (unpaired) electrons. The van der Waals surface area contributed by atoms with Gasteiger partial charge in [-0.15, -0.1) is 0 Å². The van der Waals surface area contributed by atoms with Gasteiger partial charge < -0.3 is 0 Å². The zero-order valence-electron chi connectivity index (χ0n) is 11.3. The average molecular weight is 228 g/mol. The van der Waals surface area contributed by atoms with E-state index < -0.39 is 0 Å². The van der Waals surface area contributed by atoms with Gasteiger partial charge in [0.05, 0.1) is 0 Å². The molecule has 0 fully saturated rings. The Hall–Kier alpha value is -1.44. The predicted molar refractivity (Wildman–Crippen MR) is 72.5 cm³/mol. The second-order valence-electron chi connectivity index (χ2n) is 4.88. The van der Waals surface area contributed by atoms with Gasteiger partial charge in [0.1, 0.15) is 0 Å². The van der Waals surface area contributed by atoms with E-state index in [2.05, 4.69) is 44.6 Å². The van der Waals surface area contributed by atoms with Gasteiger partial charge >= 0.3 is 0 Å². The van der Waals surface area contributed by atoms with E-state index in [4.69, 9.17) is 0 Å². The molecule has 0 bridgehead atoms. The molecular weight excluding hydrogens is 208 g/mol. The van der Waals surface area contributed by atoms with Gasteiger partial charge in [0.2, 0.25) is 0 Å². The zero-order valence-corrected chi connectivity index (χ0v) is 11.3. The van der Waals surface area contributed by atoms with Crippen LogP contribution in [-0.4, -0.2) is 9.97 Å². The molecule has 0 N–H and O–H groups in total. The number of nitrogens with zero attached hydrogens (tertiary/aromatic N) is 2. The summed E-state index contributed by atoms with van der Waals surface area (Å²) in [6.07, 6.45) is 5.11. The summed E-state index contributed by atoms with van der Waals surface area (Å²) in [5.74, 6) is 0.535. The topological polar surface area (TPSA) is 25.8 Å². The van der Waals surface area contributed by atoms with Crippen LogP contribution in [0, 0.1) is 20.8 Å². The highest BCUT2D eigenvalue weighted by atomic mass is 14.7. The van der Waals surface area contributed by atoms with Crippen LogP contribution in [0.25, 0.3) is 10.8 Å². The molecule has 2 nitrogen and oxygen atoms in total. The van der Waals surface area contributed by atoms with E-state index in [9.17, 15) is 0 Å². The number of pyridine rings is 2. The standard InChI is InChI=1S/C15H20N2/c1-6-9(2)13-8-17-11(4)14-10(3)7-16-12(5)15(13)14/h7-9H,6H2,1-5H3. The van der Waals surface area contributed by atoms with Gasteiger partial charge in [-0.25, -0.2) is 0 Å². The van der Waals surface area contributed by atoms with E-state index in [1.165, 1.54) is 21.9 Å². The minimum absolute atomic E-state index is 0.535. The molecule has 1 unspecified atom stereocenters. The molecule has 2 aromatic heterocycles. The molecule has 2 heteroatoms. The Balaban J connectivity index is 2.89. The fourth-order valence-corrected chi connectivity index (χ4v) is 2.41. The third kappa shape index (κ3) is 1.92. The normalized spacial score (nSPS) is 13.0. The summed E-state index contributed by atoms with van der Waals surface area (Å²) in [4.78, 5) is 9.05. The fourth-order valence-electron chi connectivity index (χ4n) is 2.41. The van der Waals surface area contributed by atoms with Crippen molar-refractivity contribution in [1.82, 2.24) is 9.97 Å². The average Bonchev–Trinajstić information content (AvgIpc) is 2.33. The van der Waals surface area contributed by atoms with Crippen molar-refractivity contribution in [2.75, 3.05) is 0 Å². The van der Waals surface area contributed by atoms with Crippen LogP contribution < -0.4 is 0 Å². The van der Waals surface area contributed by atoms with Crippen molar-refractivity contribution in [2.45, 2.75) is 47.0 Å². The molecule has 0 spiro atoms. The Bertz CT molecular complexity index is 550. The van der Waals surface area contributed by atoms with Crippen molar-refractivity contribution in [3.8, 4) is 0 Å². The van der Waals surface area contributed by atoms with E-state index in [0.29, 0.717) is 5.92 Å². The van der Waals surface area contributed by atoms with Crippen LogP contribution in [0.15, 0.2) is 12.4 Å². The van der Waals surface area contributed by atoms with Crippen LogP contribution in [0.2, 0.25) is 0 Å². The third-order valence-corrected chi connectivity index (χ3v) is 3.65. The number of hydrogen-bond acceptors (Lipinski definition) is 2. The number of fused-ring (bicyclic) bond motifs is 1. The minimum atomic E-state index is 0.535. The van der Waals surface area contributed by atoms with Crippen molar-refractivity contribution in [3.05, 3.63) is 34.9 Å². The number of hydrogen-bond donors (Lipinski definition) is 0. The maximum Gasteiger partial charge on any atom is 0.0455 e. The monoisotopic (exact) mass is 228 g/mol. The summed E-state index contributed by atoms with van der Waals surface area (Å²) in [5, 5.41) is 2.60. The van der Waals surface area contributed by atoms with Gasteiger partial charge in [-0.1, -0.05) is 13.8 Å². The third-order valence-electron chi connectivity index (χ3n) is 3.65. The Morgan fingerprint density at radius 1 is 1.00 bits per heavy atom. The second kappa shape index (κ2) is 4.44. The lowest BCUT2D eigenvalue weighted by molar-refractivity contribution is 0.734. The van der Waals surface area contributed by atoms with E-state index in [1.54, 1.807) is 0 Å². The summed E-state index contributed by atoms with van der Waals surface area (Å²) >= 11 is 0. The Morgan fingerprint density at radius 3 is 2.24 bits per heavy atom. The highest BCUT2D eigenvalue weighted by Crippen LogP contribution is 2.31. The summed E-state index contributed by atoms with van der Waals surface area (Å²) < 4.78 is 0. The molecule has 2 heterocycles. The quantitative estimate of drug-likeness (QED) is 0.774. The van der Waals surface area contributed by atoms with E-state index in [-0.39, 0.29) is 0 Å². The van der Waals surface area contributed by atoms with Crippen molar-refractivity contribution >= 4 is 10.8 Å². The Labute approximate surface area is 103 Å². The summed E-state index contributed by atoms with van der Waals surface area (Å²) in [6.45, 7) is 10.8. The van der Waals surface area contributed by atoms with Crippen molar-refractivity contribution in [3.63, 3.8) is 0 Å². The fraction of sp³-hybridized carbons (Fsp3) is 0.467. The molecule has 0 aliphatic rings. The first-order valence-electron chi connectivity index (χ1n) is 6.27. The molecule has 90 valence electrons. The maximum atomic E-state index is 4.55. The molecule has 1 atom stereocenters. The van der Waals surface area contributed by atoms with Crippen LogP contribution in [0.1, 0.15) is 48.7 Å². The molecule has 0 saturated heterocycles. The molecule has 2 rings (SSSR count). The van der Waals surface area contributed by atoms with E-state index in [1.807, 2.05) is 12.4 Å². The SMILES string of the molecule is CCC(C)c1cnc(C)c2c(C)cnc(C)c12. The summed E-state index contributed by atoms with van der Waals surface area (Å²) in [5.41, 5.74) is 4.78. The van der Waals surface area contributed by atoms with Gasteiger partial charge in [0, 0.05) is 34.6 Å². The molecule has 0 amide bonds. The summed E-state index contributed by atoms with van der Waals surface area (Å²) in [7, 11) is 0. The summed E-state index contributed by atoms with van der Waals surface area (Å²) in [6, 6.07) is 0. The predicted octanol–water partition coefficient (Wildman–Crippen LogP) is 4.07. The molecule has 0 aliphatic carbocycles. The van der Waals surface area contributed by atoms with Crippen LogP contribution >= 0.6 is 0 Å². The minimum Gasteiger partial charge on any atom is -0.261 e. The van der Waals surface area contributed by atoms with Gasteiger partial charge in [0.15, 0.2) is 0 Å². The molecule has 17 heavy (non-hydrogen) atoms. The molecule has 2 aromatic rings. The van der Waals surface area contributed by atoms with Crippen molar-refractivity contribution < 1.29 is 0 Å². The molecule has 0 aliphatic heterocycles. The van der Waals surface area contributed by atoms with Crippen LogP contribution in [-0.2, 0) is 0 Å². The van der Waals surface area contributed by atoms with Gasteiger partial charge in [-0.05, 0) is 44.2 Å². The number of aromatic nitrogens is 2. The van der Waals surface area contributed by atoms with Crippen LogP contribution in [0.3, 0.4) is 0 Å². The Morgan fingerprint density at radius 2 is 1.59 bits per heavy atom. The number of rotatable bonds is 2. The molecular formula is C15H20N2. The lowest BCUT2D eigenvalue weighted by Crippen LogP contribution is -2.00. The maximum absolute atomic E-state index is 4.55. The number of aryl methyl sites for hydroxylation is 3. The van der Waals surface area contributed by atoms with E-state index >= 15 is 0 Å².